The zero-order valence-corrected chi connectivity index (χ0v) is 76.9. The van der Waals surface area contributed by atoms with Crippen LogP contribution < -0.4 is 10.6 Å². The van der Waals surface area contributed by atoms with Gasteiger partial charge < -0.3 is 129 Å². The van der Waals surface area contributed by atoms with Gasteiger partial charge in [-0.05, 0) is 218 Å². The molecule has 2 amide bonds. The molecular formula is C89H148N2O31P2. The second kappa shape index (κ2) is 55.6. The Morgan fingerprint density at radius 3 is 0.944 bits per heavy atom. The Labute approximate surface area is 732 Å². The summed E-state index contributed by atoms with van der Waals surface area (Å²) in [5.74, 6) is -1.92. The Bertz CT molecular complexity index is 3720. The van der Waals surface area contributed by atoms with Gasteiger partial charge in [0.05, 0.1) is 39.1 Å². The number of nitrogens with one attached hydrogen (secondary N) is 2. The molecule has 5 aliphatic heterocycles. The molecule has 17 N–H and O–H groups in total. The van der Waals surface area contributed by atoms with Crippen molar-refractivity contribution < 1.29 is 151 Å². The van der Waals surface area contributed by atoms with Gasteiger partial charge in [-0.3, -0.25) is 18.6 Å². The molecule has 5 rings (SSSR count). The van der Waals surface area contributed by atoms with E-state index < -0.39 is 214 Å². The summed E-state index contributed by atoms with van der Waals surface area (Å²) in [5, 5.41) is 147. The van der Waals surface area contributed by atoms with Gasteiger partial charge in [0, 0.05) is 13.8 Å². The lowest BCUT2D eigenvalue weighted by atomic mass is 9.93. The van der Waals surface area contributed by atoms with Gasteiger partial charge in [-0.25, -0.2) is 9.13 Å². The summed E-state index contributed by atoms with van der Waals surface area (Å²) in [6.07, 6.45) is -1.06. The summed E-state index contributed by atoms with van der Waals surface area (Å²) in [7, 11) is -11.5. The van der Waals surface area contributed by atoms with Crippen molar-refractivity contribution in [2.45, 2.75) is 386 Å². The molecule has 5 saturated heterocycles. The number of phosphoric acid groups is 2. The first kappa shape index (κ1) is 110. The van der Waals surface area contributed by atoms with Crippen LogP contribution in [0.4, 0.5) is 0 Å². The van der Waals surface area contributed by atoms with E-state index in [4.69, 9.17) is 51.7 Å². The topological polar surface area (TPSA) is 507 Å². The predicted molar refractivity (Wildman–Crippen MR) is 463 cm³/mol. The third kappa shape index (κ3) is 37.7. The maximum atomic E-state index is 13.8. The summed E-state index contributed by atoms with van der Waals surface area (Å²) >= 11 is 0. The van der Waals surface area contributed by atoms with Crippen molar-refractivity contribution in [3.05, 3.63) is 128 Å². The lowest BCUT2D eigenvalue weighted by Gasteiger charge is -2.51. The van der Waals surface area contributed by atoms with Gasteiger partial charge in [-0.15, -0.1) is 0 Å². The van der Waals surface area contributed by atoms with Crippen LogP contribution in [0.1, 0.15) is 232 Å². The summed E-state index contributed by atoms with van der Waals surface area (Å²) in [4.78, 5) is 48.1. The Morgan fingerprint density at radius 2 is 0.589 bits per heavy atom. The van der Waals surface area contributed by atoms with E-state index in [1.807, 2.05) is 6.92 Å². The number of phosphoric ester groups is 2. The van der Waals surface area contributed by atoms with Crippen LogP contribution in [0, 0.1) is 0 Å². The molecule has 0 aliphatic carbocycles. The number of hydrogen-bond donors (Lipinski definition) is 17. The minimum Gasteiger partial charge on any atom is -0.394 e. The van der Waals surface area contributed by atoms with Crippen molar-refractivity contribution in [1.82, 2.24) is 10.6 Å². The van der Waals surface area contributed by atoms with Gasteiger partial charge in [0.2, 0.25) is 11.8 Å². The van der Waals surface area contributed by atoms with Crippen molar-refractivity contribution >= 4 is 27.5 Å². The monoisotopic (exact) mass is 1800 g/mol. The number of carbonyl (C=O) groups is 2. The number of carbonyl (C=O) groups excluding carboxylic acids is 2. The summed E-state index contributed by atoms with van der Waals surface area (Å²) in [5.41, 5.74) is 14.8. The van der Waals surface area contributed by atoms with Gasteiger partial charge in [0.1, 0.15) is 116 Å². The Kier molecular flexibility index (Phi) is 49.3. The third-order valence-corrected chi connectivity index (χ3v) is 25.2. The van der Waals surface area contributed by atoms with E-state index in [2.05, 4.69) is 145 Å². The average Bonchev–Trinajstić information content (AvgIpc) is 0.755. The summed E-state index contributed by atoms with van der Waals surface area (Å²) in [6.45, 7) is 24.3. The molecule has 5 heterocycles. The zero-order chi connectivity index (χ0) is 92.3. The van der Waals surface area contributed by atoms with E-state index in [0.717, 1.165) is 135 Å². The first-order valence-corrected chi connectivity index (χ1v) is 46.4. The maximum absolute atomic E-state index is 13.8. The zero-order valence-electron chi connectivity index (χ0n) is 75.1. The number of allylic oxidation sites excluding steroid dienone is 21. The Morgan fingerprint density at radius 1 is 0.315 bits per heavy atom. The van der Waals surface area contributed by atoms with E-state index >= 15 is 0 Å². The number of hydrogen-bond acceptors (Lipinski definition) is 29. The van der Waals surface area contributed by atoms with Crippen molar-refractivity contribution in [2.75, 3.05) is 33.0 Å². The van der Waals surface area contributed by atoms with Crippen molar-refractivity contribution in [2.24, 2.45) is 0 Å². The molecule has 0 aromatic heterocycles. The largest absolute Gasteiger partial charge is 0.483 e. The van der Waals surface area contributed by atoms with Crippen LogP contribution in [0.3, 0.4) is 0 Å². The molecule has 33 nitrogen and oxygen atoms in total. The van der Waals surface area contributed by atoms with Gasteiger partial charge in [-0.1, -0.05) is 128 Å². The van der Waals surface area contributed by atoms with Crippen molar-refractivity contribution in [3.63, 3.8) is 0 Å². The van der Waals surface area contributed by atoms with Crippen molar-refractivity contribution in [1.29, 1.82) is 0 Å². The molecule has 0 aromatic carbocycles. The molecular weight excluding hydrogens is 1650 g/mol. The number of ether oxygens (including phenoxy) is 9. The standard InChI is InChI=1S/C89H148N2O31P2/c1-52(2)26-16-27-53(3)28-17-29-54(4)30-18-31-55(5)32-19-33-56(6)34-20-35-57(7)36-21-37-58(8)38-22-39-59(9)40-23-41-60(10)42-24-43-61(11)44-25-45-62(12)46-47-111-123(107,108)122-124(109,110)121-86-71(91-65(15)97)82(75(101)68(50-94)114-86)117-85-70(90-64(14)96)81(74(100)67(49-93)113-85)118-89-84(120-87-79(105)77(103)72(98)63(13)112-87)83(76(102)69(51-95)116-89)119-88-80(106)78(104)73(99)66(48-92)115-88/h26,28,30,32,34,36,38,40,42,44,46,63,66-89,92-95,98-106H,16-25,27,29,31,33,35,37,39,41,43,45,47-51H2,1-15H3,(H,90,96)(H,91,97)(H,107,108)(H,109,110)/b53-28+,54-30+,55-32-,56-34-,57-36-,58-38-,59-40-,60-42-,61-44-,62-46-/t63-,66+,67+,68+,69+,70+,71+,72+,73-,74-,75-,76-,77+,78-,79-,80+,81+,82+,83-,84+,85+,86+,87-,88+,89-/m0/s1. The fraction of sp³-hybridized carbons (Fsp3) is 0.730. The highest BCUT2D eigenvalue weighted by Crippen LogP contribution is 2.61. The lowest BCUT2D eigenvalue weighted by Crippen LogP contribution is -2.71. The second-order valence-corrected chi connectivity index (χ2v) is 37.0. The Hall–Kier alpha value is -4.54. The molecule has 0 radical (unpaired) electrons. The van der Waals surface area contributed by atoms with Gasteiger partial charge in [-0.2, -0.15) is 4.31 Å². The van der Waals surface area contributed by atoms with Crippen LogP contribution >= 0.6 is 15.6 Å². The fourth-order valence-corrected chi connectivity index (χ4v) is 17.0. The normalized spacial score (nSPS) is 33.0. The molecule has 0 bridgehead atoms. The smallest absolute Gasteiger partial charge is 0.394 e. The molecule has 710 valence electrons. The average molecular weight is 1800 g/mol. The molecule has 0 spiro atoms. The fourth-order valence-electron chi connectivity index (χ4n) is 14.9. The van der Waals surface area contributed by atoms with E-state index in [1.54, 1.807) is 6.92 Å². The van der Waals surface area contributed by atoms with Gasteiger partial charge >= 0.3 is 15.6 Å². The van der Waals surface area contributed by atoms with Crippen LogP contribution in [0.25, 0.3) is 0 Å². The molecule has 124 heavy (non-hydrogen) atoms. The summed E-state index contributed by atoms with van der Waals surface area (Å²) < 4.78 is 95.5. The van der Waals surface area contributed by atoms with Crippen LogP contribution in [-0.2, 0) is 74.7 Å². The van der Waals surface area contributed by atoms with Crippen LogP contribution in [0.15, 0.2) is 128 Å². The number of rotatable bonds is 51. The second-order valence-electron chi connectivity index (χ2n) is 34.0. The quantitative estimate of drug-likeness (QED) is 0.0199. The highest BCUT2D eigenvalue weighted by Gasteiger charge is 2.59. The molecule has 2 unspecified atom stereocenters. The molecule has 35 heteroatoms. The maximum Gasteiger partial charge on any atom is 0.483 e. The van der Waals surface area contributed by atoms with Crippen LogP contribution in [-0.4, -0.2) is 274 Å². The minimum atomic E-state index is -5.92. The van der Waals surface area contributed by atoms with Gasteiger partial charge in [0.15, 0.2) is 31.5 Å². The third-order valence-electron chi connectivity index (χ3n) is 22.6. The molecule has 0 aromatic rings. The number of amides is 2. The van der Waals surface area contributed by atoms with E-state index in [0.29, 0.717) is 12.8 Å². The predicted octanol–water partition coefficient (Wildman–Crippen LogP) is 8.88. The van der Waals surface area contributed by atoms with Crippen molar-refractivity contribution in [3.8, 4) is 0 Å². The molecule has 0 saturated carbocycles. The number of aliphatic hydroxyl groups is 13. The van der Waals surface area contributed by atoms with E-state index in [9.17, 15) is 94.9 Å². The first-order valence-electron chi connectivity index (χ1n) is 43.4. The summed E-state index contributed by atoms with van der Waals surface area (Å²) in [6, 6.07) is -3.99. The minimum absolute atomic E-state index is 0.518. The molecule has 5 fully saturated rings. The number of aliphatic hydroxyl groups excluding tert-OH is 13. The van der Waals surface area contributed by atoms with E-state index in [1.165, 1.54) is 68.7 Å². The van der Waals surface area contributed by atoms with Crippen LogP contribution in [0.2, 0.25) is 0 Å². The lowest BCUT2D eigenvalue weighted by molar-refractivity contribution is -0.402. The molecule has 27 atom stereocenters. The highest BCUT2D eigenvalue weighted by atomic mass is 31.3. The van der Waals surface area contributed by atoms with E-state index in [-0.39, 0.29) is 0 Å². The first-order chi connectivity index (χ1) is 58.5. The van der Waals surface area contributed by atoms with Gasteiger partial charge in [0.25, 0.3) is 0 Å². The Balaban J connectivity index is 1.10. The SMILES string of the molecule is CC(=O)N[C@H]1[C@@H](OP(=O)(O)OP(=O)(O)OC/C=C(/C)CC/C=C(/C)CC/C=C(/C)CC/C=C(/C)CC/C=C(/C)CC/C=C(/C)CC/C=C(/C)CC/C=C(/C)CC/C=C(\C)CC/C=C(\C)CCC=C(C)C)O[C@H](CO)[C@H](O)[C@@H]1O[C@H]1O[C@H](CO)[C@H](O)[C@H](O[C@@H]2O[C@H](CO)[C@H](O)[C@H](O[C@H]3O[C@H](CO)[C@H](O)[C@H](O)[C@H]3O)[C@H]2O[C@@H]2O[C@@H](C)[C@@H](O)[C@@H](O)[C@@H]2O)[C@H]1NC(C)=O. The molecule has 5 aliphatic rings. The van der Waals surface area contributed by atoms with Crippen LogP contribution in [0.5, 0.6) is 0 Å². The highest BCUT2D eigenvalue weighted by molar-refractivity contribution is 7.61.